The first-order chi connectivity index (χ1) is 13.5. The highest BCUT2D eigenvalue weighted by Gasteiger charge is 2.51. The number of aromatic hydroxyl groups is 2. The van der Waals surface area contributed by atoms with Crippen molar-refractivity contribution in [1.82, 2.24) is 0 Å². The molecule has 0 radical (unpaired) electrons. The predicted molar refractivity (Wildman–Crippen MR) is 114 cm³/mol. The van der Waals surface area contributed by atoms with Crippen molar-refractivity contribution >= 4 is 56.5 Å². The molecule has 3 N–H and O–H groups in total. The lowest BCUT2D eigenvalue weighted by Gasteiger charge is -2.34. The van der Waals surface area contributed by atoms with E-state index in [0.29, 0.717) is 0 Å². The van der Waals surface area contributed by atoms with E-state index in [2.05, 4.69) is 0 Å². The van der Waals surface area contributed by atoms with Gasteiger partial charge in [0.15, 0.2) is 4.75 Å². The highest BCUT2D eigenvalue weighted by atomic mass is 35.5. The Hall–Kier alpha value is -1.67. The average molecular weight is 494 g/mol. The molecule has 29 heavy (non-hydrogen) atoms. The highest BCUT2D eigenvalue weighted by molar-refractivity contribution is 7.87. The maximum atomic E-state index is 13.0. The summed E-state index contributed by atoms with van der Waals surface area (Å²) < 4.78 is 34.1. The molecule has 3 rings (SSSR count). The summed E-state index contributed by atoms with van der Waals surface area (Å²) >= 11 is 24.8. The molecule has 3 aromatic carbocycles. The molecule has 0 aliphatic rings. The third kappa shape index (κ3) is 3.65. The van der Waals surface area contributed by atoms with Crippen LogP contribution in [0.4, 0.5) is 0 Å². The number of phenolic OH excluding ortho intramolecular Hbond substituents is 2. The van der Waals surface area contributed by atoms with Gasteiger partial charge >= 0.3 is 0 Å². The topological polar surface area (TPSA) is 94.8 Å². The molecule has 3 aromatic rings. The Bertz CT molecular complexity index is 1170. The summed E-state index contributed by atoms with van der Waals surface area (Å²) in [6, 6.07) is 11.8. The second kappa shape index (κ2) is 7.87. The van der Waals surface area contributed by atoms with Gasteiger partial charge in [-0.2, -0.15) is 8.42 Å². The van der Waals surface area contributed by atoms with E-state index in [4.69, 9.17) is 46.4 Å². The standard InChI is InChI=1S/C19H12Cl4O5S/c20-12-3-1-2-11(8-12)19(29(26,27)28,10-4-6-13(24)7-5-10)16-17(22)14(21)9-15(25)18(16)23/h1-9,24-25H,(H,26,27,28). The van der Waals surface area contributed by atoms with Gasteiger partial charge in [0.2, 0.25) is 0 Å². The van der Waals surface area contributed by atoms with Crippen LogP contribution in [-0.4, -0.2) is 23.2 Å². The lowest BCUT2D eigenvalue weighted by atomic mass is 9.83. The van der Waals surface area contributed by atoms with E-state index in [1.807, 2.05) is 0 Å². The van der Waals surface area contributed by atoms with Crippen LogP contribution in [0.15, 0.2) is 54.6 Å². The van der Waals surface area contributed by atoms with Crippen LogP contribution < -0.4 is 0 Å². The van der Waals surface area contributed by atoms with E-state index in [-0.39, 0.29) is 37.5 Å². The number of benzene rings is 3. The molecule has 0 aliphatic carbocycles. The Morgan fingerprint density at radius 2 is 1.41 bits per heavy atom. The first-order valence-electron chi connectivity index (χ1n) is 7.89. The zero-order chi connectivity index (χ0) is 21.6. The number of hydrogen-bond acceptors (Lipinski definition) is 4. The molecule has 0 saturated heterocycles. The maximum absolute atomic E-state index is 13.0. The molecule has 152 valence electrons. The summed E-state index contributed by atoms with van der Waals surface area (Å²) in [4.78, 5) is 0. The van der Waals surface area contributed by atoms with Gasteiger partial charge in [0.1, 0.15) is 11.5 Å². The summed E-state index contributed by atoms with van der Waals surface area (Å²) in [5.41, 5.74) is -0.393. The highest BCUT2D eigenvalue weighted by Crippen LogP contribution is 2.53. The Balaban J connectivity index is 2.64. The number of phenols is 2. The first-order valence-corrected chi connectivity index (χ1v) is 10.8. The van der Waals surface area contributed by atoms with Crippen LogP contribution in [0.3, 0.4) is 0 Å². The molecule has 0 heterocycles. The summed E-state index contributed by atoms with van der Waals surface area (Å²) in [5, 5.41) is 19.1. The van der Waals surface area contributed by atoms with Crippen LogP contribution in [0.1, 0.15) is 16.7 Å². The molecule has 0 aromatic heterocycles. The molecule has 0 bridgehead atoms. The van der Waals surface area contributed by atoms with Crippen LogP contribution >= 0.6 is 46.4 Å². The van der Waals surface area contributed by atoms with Crippen molar-refractivity contribution in [3.05, 3.63) is 91.4 Å². The molecular weight excluding hydrogens is 482 g/mol. The molecule has 10 heteroatoms. The number of rotatable bonds is 4. The third-order valence-electron chi connectivity index (χ3n) is 4.38. The van der Waals surface area contributed by atoms with E-state index < -0.39 is 25.6 Å². The van der Waals surface area contributed by atoms with Crippen LogP contribution in [0.5, 0.6) is 11.5 Å². The Morgan fingerprint density at radius 1 is 0.793 bits per heavy atom. The number of hydrogen-bond donors (Lipinski definition) is 3. The van der Waals surface area contributed by atoms with Crippen LogP contribution in [0.25, 0.3) is 0 Å². The minimum Gasteiger partial charge on any atom is -0.508 e. The van der Waals surface area contributed by atoms with Gasteiger partial charge in [-0.25, -0.2) is 0 Å². The van der Waals surface area contributed by atoms with Gasteiger partial charge in [0, 0.05) is 16.7 Å². The zero-order valence-electron chi connectivity index (χ0n) is 14.3. The van der Waals surface area contributed by atoms with E-state index in [0.717, 1.165) is 6.07 Å². The van der Waals surface area contributed by atoms with Crippen molar-refractivity contribution in [2.24, 2.45) is 0 Å². The van der Waals surface area contributed by atoms with Gasteiger partial charge < -0.3 is 10.2 Å². The smallest absolute Gasteiger partial charge is 0.283 e. The second-order valence-corrected chi connectivity index (χ2v) is 9.26. The van der Waals surface area contributed by atoms with Crippen LogP contribution in [0, 0.1) is 0 Å². The van der Waals surface area contributed by atoms with Gasteiger partial charge in [-0.15, -0.1) is 0 Å². The van der Waals surface area contributed by atoms with Gasteiger partial charge in [0.25, 0.3) is 10.1 Å². The predicted octanol–water partition coefficient (Wildman–Crippen LogP) is 5.89. The Morgan fingerprint density at radius 3 is 1.97 bits per heavy atom. The van der Waals surface area contributed by atoms with E-state index in [1.165, 1.54) is 48.5 Å². The SMILES string of the molecule is O=S(=O)(O)C(c1ccc(O)cc1)(c1cccc(Cl)c1)c1c(Cl)c(O)cc(Cl)c1Cl. The van der Waals surface area contributed by atoms with E-state index in [1.54, 1.807) is 0 Å². The lowest BCUT2D eigenvalue weighted by Crippen LogP contribution is -2.39. The average Bonchev–Trinajstić information content (AvgIpc) is 2.63. The zero-order valence-corrected chi connectivity index (χ0v) is 18.1. The quantitative estimate of drug-likeness (QED) is 0.239. The summed E-state index contributed by atoms with van der Waals surface area (Å²) in [6.45, 7) is 0. The third-order valence-corrected chi connectivity index (χ3v) is 7.24. The molecule has 0 fully saturated rings. The Kier molecular flexibility index (Phi) is 5.98. The van der Waals surface area contributed by atoms with E-state index in [9.17, 15) is 23.2 Å². The first kappa shape index (κ1) is 22.0. The largest absolute Gasteiger partial charge is 0.508 e. The molecule has 0 aliphatic heterocycles. The lowest BCUT2D eigenvalue weighted by molar-refractivity contribution is 0.455. The molecular formula is C19H12Cl4O5S. The fourth-order valence-electron chi connectivity index (χ4n) is 3.19. The molecule has 1 unspecified atom stereocenters. The fraction of sp³-hybridized carbons (Fsp3) is 0.0526. The molecule has 0 amide bonds. The Labute approximate surface area is 186 Å². The van der Waals surface area contributed by atoms with Crippen molar-refractivity contribution < 1.29 is 23.2 Å². The van der Waals surface area contributed by atoms with Crippen molar-refractivity contribution in [1.29, 1.82) is 0 Å². The normalized spacial score (nSPS) is 13.8. The molecule has 5 nitrogen and oxygen atoms in total. The summed E-state index contributed by atoms with van der Waals surface area (Å²) in [6.07, 6.45) is 0. The minimum absolute atomic E-state index is 0.0105. The maximum Gasteiger partial charge on any atom is 0.283 e. The van der Waals surface area contributed by atoms with Gasteiger partial charge in [-0.05, 0) is 35.4 Å². The monoisotopic (exact) mass is 492 g/mol. The van der Waals surface area contributed by atoms with Crippen molar-refractivity contribution in [3.63, 3.8) is 0 Å². The van der Waals surface area contributed by atoms with E-state index >= 15 is 0 Å². The van der Waals surface area contributed by atoms with Gasteiger partial charge in [-0.3, -0.25) is 4.55 Å². The van der Waals surface area contributed by atoms with Crippen LogP contribution in [-0.2, 0) is 14.9 Å². The fourth-order valence-corrected chi connectivity index (χ4v) is 5.64. The molecule has 0 spiro atoms. The van der Waals surface area contributed by atoms with Crippen molar-refractivity contribution in [2.45, 2.75) is 4.75 Å². The molecule has 1 atom stereocenters. The van der Waals surface area contributed by atoms with Crippen LogP contribution in [0.2, 0.25) is 20.1 Å². The molecule has 0 saturated carbocycles. The number of halogens is 4. The van der Waals surface area contributed by atoms with Crippen molar-refractivity contribution in [3.8, 4) is 11.5 Å². The summed E-state index contributed by atoms with van der Waals surface area (Å²) in [5.74, 6) is -0.680. The van der Waals surface area contributed by atoms with Crippen molar-refractivity contribution in [2.75, 3.05) is 0 Å². The second-order valence-electron chi connectivity index (χ2n) is 6.09. The summed E-state index contributed by atoms with van der Waals surface area (Å²) in [7, 11) is -5.07. The van der Waals surface area contributed by atoms with Gasteiger partial charge in [0.05, 0.1) is 15.1 Å². The minimum atomic E-state index is -5.07. The van der Waals surface area contributed by atoms with Gasteiger partial charge in [-0.1, -0.05) is 70.7 Å².